The van der Waals surface area contributed by atoms with Crippen molar-refractivity contribution in [3.05, 3.63) is 48.5 Å². The highest BCUT2D eigenvalue weighted by Gasteiger charge is 2.30. The first-order valence-electron chi connectivity index (χ1n) is 8.10. The molecule has 0 aliphatic carbocycles. The molecule has 2 aromatic rings. The molecule has 2 unspecified atom stereocenters. The minimum atomic E-state index is -0.634. The van der Waals surface area contributed by atoms with E-state index in [0.717, 1.165) is 5.56 Å². The SMILES string of the molecule is O=C(CCc1cccnc1)N1CCC(Nc2ncccn2)C(O)C1. The van der Waals surface area contributed by atoms with Crippen LogP contribution in [0.2, 0.25) is 0 Å². The Morgan fingerprint density at radius 2 is 2.12 bits per heavy atom. The van der Waals surface area contributed by atoms with Crippen molar-refractivity contribution >= 4 is 11.9 Å². The molecule has 0 aromatic carbocycles. The Hall–Kier alpha value is -2.54. The van der Waals surface area contributed by atoms with Crippen LogP contribution in [0, 0.1) is 0 Å². The van der Waals surface area contributed by atoms with Crippen LogP contribution in [0.4, 0.5) is 5.95 Å². The fourth-order valence-corrected chi connectivity index (χ4v) is 2.82. The summed E-state index contributed by atoms with van der Waals surface area (Å²) in [7, 11) is 0. The van der Waals surface area contributed by atoms with E-state index in [-0.39, 0.29) is 11.9 Å². The summed E-state index contributed by atoms with van der Waals surface area (Å²) in [6.45, 7) is 0.948. The summed E-state index contributed by atoms with van der Waals surface area (Å²) in [4.78, 5) is 26.3. The number of anilines is 1. The van der Waals surface area contributed by atoms with Gasteiger partial charge in [0, 0.05) is 44.3 Å². The third kappa shape index (κ3) is 4.26. The van der Waals surface area contributed by atoms with Gasteiger partial charge < -0.3 is 15.3 Å². The first-order valence-corrected chi connectivity index (χ1v) is 8.10. The number of aryl methyl sites for hydroxylation is 1. The number of likely N-dealkylation sites (tertiary alicyclic amines) is 1. The molecule has 2 atom stereocenters. The van der Waals surface area contributed by atoms with Crippen LogP contribution in [0.25, 0.3) is 0 Å². The number of carbonyl (C=O) groups excluding carboxylic acids is 1. The zero-order valence-corrected chi connectivity index (χ0v) is 13.4. The summed E-state index contributed by atoms with van der Waals surface area (Å²) in [5.74, 6) is 0.560. The first-order chi connectivity index (χ1) is 11.7. The molecule has 7 nitrogen and oxygen atoms in total. The van der Waals surface area contributed by atoms with Gasteiger partial charge in [-0.15, -0.1) is 0 Å². The second-order valence-electron chi connectivity index (χ2n) is 5.88. The molecule has 0 radical (unpaired) electrons. The number of nitrogens with zero attached hydrogens (tertiary/aromatic N) is 4. The standard InChI is InChI=1S/C17H21N5O2/c23-15-12-22(16(24)5-4-13-3-1-7-18-11-13)10-6-14(15)21-17-19-8-2-9-20-17/h1-3,7-9,11,14-15,23H,4-6,10,12H2,(H,19,20,21). The van der Waals surface area contributed by atoms with Gasteiger partial charge in [0.05, 0.1) is 12.1 Å². The molecule has 3 heterocycles. The molecule has 1 saturated heterocycles. The fraction of sp³-hybridized carbons (Fsp3) is 0.412. The highest BCUT2D eigenvalue weighted by atomic mass is 16.3. The molecule has 7 heteroatoms. The zero-order valence-electron chi connectivity index (χ0n) is 13.4. The average molecular weight is 327 g/mol. The highest BCUT2D eigenvalue weighted by molar-refractivity contribution is 5.76. The third-order valence-corrected chi connectivity index (χ3v) is 4.17. The Labute approximate surface area is 140 Å². The van der Waals surface area contributed by atoms with Crippen molar-refractivity contribution in [2.75, 3.05) is 18.4 Å². The van der Waals surface area contributed by atoms with Gasteiger partial charge in [0.1, 0.15) is 0 Å². The highest BCUT2D eigenvalue weighted by Crippen LogP contribution is 2.16. The maximum Gasteiger partial charge on any atom is 0.222 e. The lowest BCUT2D eigenvalue weighted by atomic mass is 10.0. The Kier molecular flexibility index (Phi) is 5.32. The minimum Gasteiger partial charge on any atom is -0.389 e. The number of aliphatic hydroxyl groups excluding tert-OH is 1. The van der Waals surface area contributed by atoms with Crippen LogP contribution in [0.5, 0.6) is 0 Å². The van der Waals surface area contributed by atoms with Crippen LogP contribution < -0.4 is 5.32 Å². The van der Waals surface area contributed by atoms with Crippen molar-refractivity contribution in [3.8, 4) is 0 Å². The van der Waals surface area contributed by atoms with E-state index in [2.05, 4.69) is 20.3 Å². The van der Waals surface area contributed by atoms with Crippen molar-refractivity contribution in [1.29, 1.82) is 0 Å². The number of hydrogen-bond donors (Lipinski definition) is 2. The second-order valence-corrected chi connectivity index (χ2v) is 5.88. The predicted molar refractivity (Wildman–Crippen MR) is 89.2 cm³/mol. The fourth-order valence-electron chi connectivity index (χ4n) is 2.82. The number of pyridine rings is 1. The summed E-state index contributed by atoms with van der Waals surface area (Å²) in [5.41, 5.74) is 1.05. The van der Waals surface area contributed by atoms with Crippen molar-refractivity contribution < 1.29 is 9.90 Å². The van der Waals surface area contributed by atoms with E-state index in [9.17, 15) is 9.90 Å². The first kappa shape index (κ1) is 16.3. The lowest BCUT2D eigenvalue weighted by Gasteiger charge is -2.36. The van der Waals surface area contributed by atoms with Crippen LogP contribution >= 0.6 is 0 Å². The van der Waals surface area contributed by atoms with Crippen molar-refractivity contribution in [2.24, 2.45) is 0 Å². The van der Waals surface area contributed by atoms with E-state index >= 15 is 0 Å². The zero-order chi connectivity index (χ0) is 16.8. The smallest absolute Gasteiger partial charge is 0.222 e. The van der Waals surface area contributed by atoms with Gasteiger partial charge in [-0.05, 0) is 30.5 Å². The maximum absolute atomic E-state index is 12.3. The van der Waals surface area contributed by atoms with E-state index < -0.39 is 6.10 Å². The minimum absolute atomic E-state index is 0.0623. The van der Waals surface area contributed by atoms with E-state index in [1.807, 2.05) is 12.1 Å². The number of β-amino-alcohol motifs (C(OH)–C–C–N with tert-alkyl or cyclic N) is 1. The molecule has 1 aliphatic heterocycles. The Bertz CT molecular complexity index is 653. The molecular weight excluding hydrogens is 306 g/mol. The van der Waals surface area contributed by atoms with Crippen LogP contribution in [-0.2, 0) is 11.2 Å². The van der Waals surface area contributed by atoms with Crippen LogP contribution in [-0.4, -0.2) is 56.1 Å². The summed E-state index contributed by atoms with van der Waals surface area (Å²) >= 11 is 0. The molecule has 24 heavy (non-hydrogen) atoms. The average Bonchev–Trinajstić information content (AvgIpc) is 2.63. The Morgan fingerprint density at radius 3 is 2.83 bits per heavy atom. The summed E-state index contributed by atoms with van der Waals surface area (Å²) in [6.07, 6.45) is 7.92. The second kappa shape index (κ2) is 7.83. The molecule has 3 rings (SSSR count). The van der Waals surface area contributed by atoms with Crippen LogP contribution in [0.15, 0.2) is 43.0 Å². The van der Waals surface area contributed by atoms with Gasteiger partial charge in [-0.3, -0.25) is 9.78 Å². The van der Waals surface area contributed by atoms with Crippen molar-refractivity contribution in [3.63, 3.8) is 0 Å². The topological polar surface area (TPSA) is 91.2 Å². The summed E-state index contributed by atoms with van der Waals surface area (Å²) in [5, 5.41) is 13.4. The number of rotatable bonds is 5. The number of aliphatic hydroxyl groups is 1. The molecule has 2 aromatic heterocycles. The third-order valence-electron chi connectivity index (χ3n) is 4.17. The van der Waals surface area contributed by atoms with Gasteiger partial charge in [0.2, 0.25) is 11.9 Å². The molecule has 1 aliphatic rings. The lowest BCUT2D eigenvalue weighted by Crippen LogP contribution is -2.51. The van der Waals surface area contributed by atoms with E-state index in [1.165, 1.54) is 0 Å². The molecule has 2 N–H and O–H groups in total. The van der Waals surface area contributed by atoms with Crippen LogP contribution in [0.1, 0.15) is 18.4 Å². The normalized spacial score (nSPS) is 20.6. The number of amides is 1. The Morgan fingerprint density at radius 1 is 1.29 bits per heavy atom. The number of hydrogen-bond acceptors (Lipinski definition) is 6. The van der Waals surface area contributed by atoms with Crippen molar-refractivity contribution in [1.82, 2.24) is 19.9 Å². The summed E-state index contributed by atoms with van der Waals surface area (Å²) < 4.78 is 0. The van der Waals surface area contributed by atoms with Crippen LogP contribution in [0.3, 0.4) is 0 Å². The van der Waals surface area contributed by atoms with E-state index in [1.54, 1.807) is 35.8 Å². The maximum atomic E-state index is 12.3. The van der Waals surface area contributed by atoms with Gasteiger partial charge in [0.25, 0.3) is 0 Å². The van der Waals surface area contributed by atoms with Gasteiger partial charge in [-0.1, -0.05) is 6.07 Å². The van der Waals surface area contributed by atoms with E-state index in [4.69, 9.17) is 0 Å². The largest absolute Gasteiger partial charge is 0.389 e. The number of aromatic nitrogens is 3. The Balaban J connectivity index is 1.48. The molecule has 0 spiro atoms. The summed E-state index contributed by atoms with van der Waals surface area (Å²) in [6, 6.07) is 5.43. The van der Waals surface area contributed by atoms with Gasteiger partial charge >= 0.3 is 0 Å². The molecular formula is C17H21N5O2. The van der Waals surface area contributed by atoms with Gasteiger partial charge in [-0.2, -0.15) is 0 Å². The number of carbonyl (C=O) groups is 1. The van der Waals surface area contributed by atoms with Gasteiger partial charge in [-0.25, -0.2) is 9.97 Å². The molecule has 0 bridgehead atoms. The molecule has 1 fully saturated rings. The lowest BCUT2D eigenvalue weighted by molar-refractivity contribution is -0.134. The predicted octanol–water partition coefficient (Wildman–Crippen LogP) is 0.878. The molecule has 0 saturated carbocycles. The molecule has 126 valence electrons. The monoisotopic (exact) mass is 327 g/mol. The van der Waals surface area contributed by atoms with Crippen molar-refractivity contribution in [2.45, 2.75) is 31.4 Å². The van der Waals surface area contributed by atoms with Gasteiger partial charge in [0.15, 0.2) is 0 Å². The molecule has 1 amide bonds. The number of nitrogens with one attached hydrogen (secondary N) is 1. The van der Waals surface area contributed by atoms with E-state index in [0.29, 0.717) is 38.3 Å². The number of piperidine rings is 1. The quantitative estimate of drug-likeness (QED) is 0.847.